The summed E-state index contributed by atoms with van der Waals surface area (Å²) < 4.78 is 0. The maximum atomic E-state index is 12.3. The highest BCUT2D eigenvalue weighted by Crippen LogP contribution is 2.28. The number of fused-ring (bicyclic) bond motifs is 1. The molecule has 1 aliphatic rings. The first kappa shape index (κ1) is 16.1. The lowest BCUT2D eigenvalue weighted by molar-refractivity contribution is -0.121. The summed E-state index contributed by atoms with van der Waals surface area (Å²) in [6.07, 6.45) is 3.32. The first-order valence-corrected chi connectivity index (χ1v) is 7.76. The zero-order chi connectivity index (χ0) is 17.1. The van der Waals surface area contributed by atoms with Crippen LogP contribution in [0.1, 0.15) is 32.7 Å². The smallest absolute Gasteiger partial charge is 0.263 e. The summed E-state index contributed by atoms with van der Waals surface area (Å²) in [4.78, 5) is 41.4. The van der Waals surface area contributed by atoms with Gasteiger partial charge in [0.05, 0.1) is 16.1 Å². The van der Waals surface area contributed by atoms with Crippen molar-refractivity contribution in [2.24, 2.45) is 0 Å². The van der Waals surface area contributed by atoms with Crippen LogP contribution < -0.4 is 5.32 Å². The van der Waals surface area contributed by atoms with E-state index in [1.807, 2.05) is 0 Å². The minimum atomic E-state index is -0.456. The molecule has 6 nitrogen and oxygen atoms in total. The van der Waals surface area contributed by atoms with Gasteiger partial charge in [0.15, 0.2) is 0 Å². The number of carbonyl (C=O) groups excluding carboxylic acids is 3. The molecule has 122 valence electrons. The van der Waals surface area contributed by atoms with E-state index in [-0.39, 0.29) is 35.0 Å². The first-order chi connectivity index (χ1) is 11.6. The number of hydrogen-bond donors (Lipinski definition) is 1. The molecule has 2 heterocycles. The molecule has 3 amide bonds. The number of imide groups is 1. The van der Waals surface area contributed by atoms with Crippen molar-refractivity contribution in [2.75, 3.05) is 6.54 Å². The molecule has 1 aromatic carbocycles. The van der Waals surface area contributed by atoms with Crippen molar-refractivity contribution in [3.05, 3.63) is 64.4 Å². The molecule has 0 saturated carbocycles. The first-order valence-electron chi connectivity index (χ1n) is 7.38. The average molecular weight is 344 g/mol. The molecule has 0 aliphatic carbocycles. The summed E-state index contributed by atoms with van der Waals surface area (Å²) in [6.45, 7) is 0.389. The van der Waals surface area contributed by atoms with Crippen LogP contribution >= 0.6 is 11.6 Å². The number of pyridine rings is 1. The molecular formula is C17H14ClN3O3. The Labute approximate surface area is 143 Å². The Hall–Kier alpha value is -2.73. The number of amides is 3. The predicted molar refractivity (Wildman–Crippen MR) is 87.5 cm³/mol. The van der Waals surface area contributed by atoms with Crippen LogP contribution in [-0.4, -0.2) is 34.2 Å². The molecule has 0 bridgehead atoms. The highest BCUT2D eigenvalue weighted by Gasteiger charge is 2.36. The van der Waals surface area contributed by atoms with Gasteiger partial charge >= 0.3 is 0 Å². The van der Waals surface area contributed by atoms with E-state index in [1.54, 1.807) is 42.7 Å². The van der Waals surface area contributed by atoms with E-state index in [0.29, 0.717) is 6.54 Å². The Bertz CT molecular complexity index is 808. The van der Waals surface area contributed by atoms with Gasteiger partial charge in [0.2, 0.25) is 5.91 Å². The highest BCUT2D eigenvalue weighted by molar-refractivity contribution is 6.37. The third-order valence-electron chi connectivity index (χ3n) is 3.75. The van der Waals surface area contributed by atoms with Crippen LogP contribution in [0.15, 0.2) is 42.7 Å². The van der Waals surface area contributed by atoms with Gasteiger partial charge in [-0.25, -0.2) is 0 Å². The SMILES string of the molecule is O=C(CCN1C(=O)c2cccc(Cl)c2C1=O)NCc1ccncc1. The molecule has 7 heteroatoms. The van der Waals surface area contributed by atoms with Gasteiger partial charge in [0.25, 0.3) is 11.8 Å². The quantitative estimate of drug-likeness (QED) is 0.842. The summed E-state index contributed by atoms with van der Waals surface area (Å²) in [7, 11) is 0. The lowest BCUT2D eigenvalue weighted by Crippen LogP contribution is -2.34. The Morgan fingerprint density at radius 1 is 1.12 bits per heavy atom. The second kappa shape index (κ2) is 6.80. The van der Waals surface area contributed by atoms with Crippen LogP contribution in [0.4, 0.5) is 0 Å². The van der Waals surface area contributed by atoms with Crippen molar-refractivity contribution in [1.29, 1.82) is 0 Å². The van der Waals surface area contributed by atoms with Crippen molar-refractivity contribution in [3.63, 3.8) is 0 Å². The number of aromatic nitrogens is 1. The van der Waals surface area contributed by atoms with Crippen LogP contribution in [0.5, 0.6) is 0 Å². The summed E-state index contributed by atoms with van der Waals surface area (Å²) in [5.74, 6) is -1.11. The van der Waals surface area contributed by atoms with Gasteiger partial charge in [0.1, 0.15) is 0 Å². The number of benzene rings is 1. The van der Waals surface area contributed by atoms with E-state index < -0.39 is 11.8 Å². The van der Waals surface area contributed by atoms with E-state index in [1.165, 1.54) is 0 Å². The van der Waals surface area contributed by atoms with Crippen LogP contribution in [0.3, 0.4) is 0 Å². The number of rotatable bonds is 5. The van der Waals surface area contributed by atoms with Gasteiger partial charge in [-0.3, -0.25) is 24.3 Å². The molecule has 0 spiro atoms. The van der Waals surface area contributed by atoms with Crippen LogP contribution in [0.25, 0.3) is 0 Å². The third kappa shape index (κ3) is 3.14. The number of carbonyl (C=O) groups is 3. The van der Waals surface area contributed by atoms with Gasteiger partial charge in [-0.05, 0) is 29.8 Å². The van der Waals surface area contributed by atoms with Crippen LogP contribution in [-0.2, 0) is 11.3 Å². The summed E-state index contributed by atoms with van der Waals surface area (Å²) in [5, 5.41) is 2.99. The molecule has 2 aromatic rings. The average Bonchev–Trinajstić information content (AvgIpc) is 2.84. The van der Waals surface area contributed by atoms with E-state index in [4.69, 9.17) is 11.6 Å². The lowest BCUT2D eigenvalue weighted by atomic mass is 10.1. The van der Waals surface area contributed by atoms with E-state index in [2.05, 4.69) is 10.3 Å². The molecule has 0 unspecified atom stereocenters. The minimum Gasteiger partial charge on any atom is -0.352 e. The fourth-order valence-electron chi connectivity index (χ4n) is 2.50. The Kier molecular flexibility index (Phi) is 4.57. The normalized spacial score (nSPS) is 13.1. The van der Waals surface area contributed by atoms with Crippen LogP contribution in [0, 0.1) is 0 Å². The number of hydrogen-bond acceptors (Lipinski definition) is 4. The molecule has 1 aliphatic heterocycles. The maximum absolute atomic E-state index is 12.3. The number of halogens is 1. The van der Waals surface area contributed by atoms with Gasteiger partial charge in [0, 0.05) is 31.9 Å². The molecule has 0 saturated heterocycles. The molecule has 3 rings (SSSR count). The third-order valence-corrected chi connectivity index (χ3v) is 4.06. The predicted octanol–water partition coefficient (Wildman–Crippen LogP) is 2.04. The molecule has 24 heavy (non-hydrogen) atoms. The summed E-state index contributed by atoms with van der Waals surface area (Å²) in [6, 6.07) is 8.34. The van der Waals surface area contributed by atoms with E-state index in [9.17, 15) is 14.4 Å². The Balaban J connectivity index is 1.58. The zero-order valence-electron chi connectivity index (χ0n) is 12.7. The fourth-order valence-corrected chi connectivity index (χ4v) is 2.75. The van der Waals surface area contributed by atoms with Crippen LogP contribution in [0.2, 0.25) is 5.02 Å². The Morgan fingerprint density at radius 3 is 2.58 bits per heavy atom. The Morgan fingerprint density at radius 2 is 1.88 bits per heavy atom. The fraction of sp³-hybridized carbons (Fsp3) is 0.176. The standard InChI is InChI=1S/C17H14ClN3O3/c18-13-3-1-2-12-15(13)17(24)21(16(12)23)9-6-14(22)20-10-11-4-7-19-8-5-11/h1-5,7-8H,6,9-10H2,(H,20,22). The van der Waals surface area contributed by atoms with Gasteiger partial charge in [-0.15, -0.1) is 0 Å². The molecular weight excluding hydrogens is 330 g/mol. The maximum Gasteiger partial charge on any atom is 0.263 e. The minimum absolute atomic E-state index is 0.0187. The van der Waals surface area contributed by atoms with Crippen molar-refractivity contribution in [3.8, 4) is 0 Å². The second-order valence-corrected chi connectivity index (χ2v) is 5.71. The van der Waals surface area contributed by atoms with Crippen molar-refractivity contribution >= 4 is 29.3 Å². The second-order valence-electron chi connectivity index (χ2n) is 5.31. The monoisotopic (exact) mass is 343 g/mol. The molecule has 0 fully saturated rings. The van der Waals surface area contributed by atoms with Gasteiger partial charge in [-0.1, -0.05) is 17.7 Å². The molecule has 0 atom stereocenters. The largest absolute Gasteiger partial charge is 0.352 e. The molecule has 0 radical (unpaired) electrons. The zero-order valence-corrected chi connectivity index (χ0v) is 13.4. The number of nitrogens with zero attached hydrogens (tertiary/aromatic N) is 2. The molecule has 1 aromatic heterocycles. The molecule has 1 N–H and O–H groups in total. The number of nitrogens with one attached hydrogen (secondary N) is 1. The van der Waals surface area contributed by atoms with Crippen molar-refractivity contribution in [2.45, 2.75) is 13.0 Å². The topological polar surface area (TPSA) is 79.4 Å². The van der Waals surface area contributed by atoms with Crippen molar-refractivity contribution in [1.82, 2.24) is 15.2 Å². The van der Waals surface area contributed by atoms with E-state index >= 15 is 0 Å². The summed E-state index contributed by atoms with van der Waals surface area (Å²) in [5.41, 5.74) is 1.41. The van der Waals surface area contributed by atoms with E-state index in [0.717, 1.165) is 10.5 Å². The lowest BCUT2D eigenvalue weighted by Gasteiger charge is -2.13. The van der Waals surface area contributed by atoms with Gasteiger partial charge in [-0.2, -0.15) is 0 Å². The highest BCUT2D eigenvalue weighted by atomic mass is 35.5. The van der Waals surface area contributed by atoms with Gasteiger partial charge < -0.3 is 5.32 Å². The van der Waals surface area contributed by atoms with Crippen molar-refractivity contribution < 1.29 is 14.4 Å². The summed E-state index contributed by atoms with van der Waals surface area (Å²) >= 11 is 5.99.